The van der Waals surface area contributed by atoms with Gasteiger partial charge in [0.05, 0.1) is 0 Å². The van der Waals surface area contributed by atoms with Crippen molar-refractivity contribution < 1.29 is 0 Å². The van der Waals surface area contributed by atoms with E-state index in [2.05, 4.69) is 50.6 Å². The molecule has 0 bridgehead atoms. The van der Waals surface area contributed by atoms with Gasteiger partial charge < -0.3 is 5.32 Å². The summed E-state index contributed by atoms with van der Waals surface area (Å²) in [6, 6.07) is 2.81. The second-order valence-corrected chi connectivity index (χ2v) is 6.63. The molecule has 1 N–H and O–H groups in total. The zero-order valence-corrected chi connectivity index (χ0v) is 14.6. The minimum absolute atomic E-state index is 0.618. The predicted octanol–water partition coefficient (Wildman–Crippen LogP) is 5.89. The van der Waals surface area contributed by atoms with Gasteiger partial charge in [0.25, 0.3) is 0 Å². The van der Waals surface area contributed by atoms with Gasteiger partial charge in [-0.1, -0.05) is 38.3 Å². The van der Waals surface area contributed by atoms with Crippen molar-refractivity contribution >= 4 is 11.3 Å². The quantitative estimate of drug-likeness (QED) is 0.662. The third-order valence-corrected chi connectivity index (χ3v) is 4.63. The number of aryl methyl sites for hydroxylation is 1. The molecule has 0 amide bonds. The number of hydrogen-bond donors (Lipinski definition) is 1. The van der Waals surface area contributed by atoms with Crippen molar-refractivity contribution in [3.05, 3.63) is 41.2 Å². The van der Waals surface area contributed by atoms with E-state index in [4.69, 9.17) is 0 Å². The number of rotatable bonds is 6. The Hall–Kier alpha value is -1.57. The SMILES string of the molecule is C=C(C)/C(CCC)=C(\C)c1cnc(C)cc1NC1CCCC1. The standard InChI is InChI=1S/C20H30N2/c1-6-9-18(14(2)3)16(5)19-13-21-15(4)12-20(19)22-17-10-7-8-11-17/h12-13,17H,2,6-11H2,1,3-5H3,(H,21,22)/b18-16+. The van der Waals surface area contributed by atoms with E-state index in [-0.39, 0.29) is 0 Å². The van der Waals surface area contributed by atoms with Gasteiger partial charge in [-0.05, 0) is 57.2 Å². The molecule has 1 saturated carbocycles. The van der Waals surface area contributed by atoms with Crippen LogP contribution in [-0.4, -0.2) is 11.0 Å². The molecule has 0 spiro atoms. The molecule has 1 heterocycles. The van der Waals surface area contributed by atoms with Crippen molar-refractivity contribution in [2.45, 2.75) is 72.3 Å². The van der Waals surface area contributed by atoms with Gasteiger partial charge in [-0.25, -0.2) is 0 Å². The van der Waals surface area contributed by atoms with Gasteiger partial charge in [-0.2, -0.15) is 0 Å². The lowest BCUT2D eigenvalue weighted by atomic mass is 9.93. The Morgan fingerprint density at radius 3 is 2.59 bits per heavy atom. The van der Waals surface area contributed by atoms with Gasteiger partial charge in [0.2, 0.25) is 0 Å². The van der Waals surface area contributed by atoms with Crippen LogP contribution in [0.4, 0.5) is 5.69 Å². The summed E-state index contributed by atoms with van der Waals surface area (Å²) in [6.07, 6.45) is 9.51. The van der Waals surface area contributed by atoms with Gasteiger partial charge in [-0.15, -0.1) is 0 Å². The lowest BCUT2D eigenvalue weighted by Gasteiger charge is -2.20. The zero-order valence-electron chi connectivity index (χ0n) is 14.6. The second kappa shape index (κ2) is 7.62. The third-order valence-electron chi connectivity index (χ3n) is 4.63. The molecule has 120 valence electrons. The number of aromatic nitrogens is 1. The second-order valence-electron chi connectivity index (χ2n) is 6.63. The minimum Gasteiger partial charge on any atom is -0.382 e. The molecular weight excluding hydrogens is 268 g/mol. The molecule has 1 aromatic heterocycles. The summed E-state index contributed by atoms with van der Waals surface area (Å²) in [5.74, 6) is 0. The fourth-order valence-corrected chi connectivity index (χ4v) is 3.40. The summed E-state index contributed by atoms with van der Waals surface area (Å²) in [4.78, 5) is 4.53. The van der Waals surface area contributed by atoms with E-state index in [9.17, 15) is 0 Å². The third kappa shape index (κ3) is 4.00. The van der Waals surface area contributed by atoms with Gasteiger partial charge in [0, 0.05) is 29.2 Å². The van der Waals surface area contributed by atoms with Crippen molar-refractivity contribution in [1.82, 2.24) is 4.98 Å². The Labute approximate surface area is 135 Å². The summed E-state index contributed by atoms with van der Waals surface area (Å²) >= 11 is 0. The average molecular weight is 298 g/mol. The minimum atomic E-state index is 0.618. The van der Waals surface area contributed by atoms with Crippen LogP contribution in [0.1, 0.15) is 70.6 Å². The lowest BCUT2D eigenvalue weighted by Crippen LogP contribution is -2.16. The van der Waals surface area contributed by atoms with E-state index >= 15 is 0 Å². The number of anilines is 1. The van der Waals surface area contributed by atoms with E-state index in [0.29, 0.717) is 6.04 Å². The number of nitrogens with zero attached hydrogens (tertiary/aromatic N) is 1. The van der Waals surface area contributed by atoms with Crippen LogP contribution in [0.15, 0.2) is 30.0 Å². The Balaban J connectivity index is 2.39. The largest absolute Gasteiger partial charge is 0.382 e. The number of hydrogen-bond acceptors (Lipinski definition) is 2. The van der Waals surface area contributed by atoms with Crippen molar-refractivity contribution in [3.63, 3.8) is 0 Å². The monoisotopic (exact) mass is 298 g/mol. The Bertz CT molecular complexity index is 563. The summed E-state index contributed by atoms with van der Waals surface area (Å²) in [6.45, 7) is 12.8. The van der Waals surface area contributed by atoms with E-state index in [1.54, 1.807) is 0 Å². The van der Waals surface area contributed by atoms with E-state index in [1.807, 2.05) is 6.20 Å². The molecule has 1 fully saturated rings. The molecule has 1 aliphatic rings. The summed E-state index contributed by atoms with van der Waals surface area (Å²) in [5.41, 5.74) is 7.43. The maximum Gasteiger partial charge on any atom is 0.0452 e. The van der Waals surface area contributed by atoms with E-state index in [1.165, 1.54) is 53.7 Å². The Morgan fingerprint density at radius 2 is 2.00 bits per heavy atom. The fraction of sp³-hybridized carbons (Fsp3) is 0.550. The Morgan fingerprint density at radius 1 is 1.32 bits per heavy atom. The molecule has 2 heteroatoms. The zero-order chi connectivity index (χ0) is 16.1. The smallest absolute Gasteiger partial charge is 0.0452 e. The van der Waals surface area contributed by atoms with E-state index in [0.717, 1.165) is 18.5 Å². The van der Waals surface area contributed by atoms with Crippen molar-refractivity contribution in [2.75, 3.05) is 5.32 Å². The first kappa shape index (κ1) is 16.8. The highest BCUT2D eigenvalue weighted by atomic mass is 14.9. The first-order valence-electron chi connectivity index (χ1n) is 8.62. The molecule has 0 radical (unpaired) electrons. The van der Waals surface area contributed by atoms with Gasteiger partial charge >= 0.3 is 0 Å². The summed E-state index contributed by atoms with van der Waals surface area (Å²) in [5, 5.41) is 3.76. The molecule has 1 aliphatic carbocycles. The van der Waals surface area contributed by atoms with Crippen LogP contribution in [-0.2, 0) is 0 Å². The molecule has 0 atom stereocenters. The first-order valence-corrected chi connectivity index (χ1v) is 8.62. The Kier molecular flexibility index (Phi) is 5.82. The number of allylic oxidation sites excluding steroid dienone is 3. The average Bonchev–Trinajstić information content (AvgIpc) is 2.97. The highest BCUT2D eigenvalue weighted by molar-refractivity contribution is 5.79. The van der Waals surface area contributed by atoms with Crippen molar-refractivity contribution in [1.29, 1.82) is 0 Å². The van der Waals surface area contributed by atoms with Gasteiger partial charge in [0.1, 0.15) is 0 Å². The van der Waals surface area contributed by atoms with Crippen LogP contribution in [0.2, 0.25) is 0 Å². The van der Waals surface area contributed by atoms with Crippen molar-refractivity contribution in [3.8, 4) is 0 Å². The molecule has 2 rings (SSSR count). The summed E-state index contributed by atoms with van der Waals surface area (Å²) < 4.78 is 0. The fourth-order valence-electron chi connectivity index (χ4n) is 3.40. The van der Waals surface area contributed by atoms with Crippen LogP contribution in [0, 0.1) is 6.92 Å². The molecule has 0 unspecified atom stereocenters. The topological polar surface area (TPSA) is 24.9 Å². The van der Waals surface area contributed by atoms with Crippen LogP contribution in [0.5, 0.6) is 0 Å². The predicted molar refractivity (Wildman–Crippen MR) is 97.2 cm³/mol. The molecule has 0 aromatic carbocycles. The van der Waals surface area contributed by atoms with Gasteiger partial charge in [-0.3, -0.25) is 4.98 Å². The molecular formula is C20H30N2. The number of pyridine rings is 1. The normalized spacial score (nSPS) is 16.5. The number of nitrogens with one attached hydrogen (secondary N) is 1. The lowest BCUT2D eigenvalue weighted by molar-refractivity contribution is 0.754. The maximum absolute atomic E-state index is 4.53. The summed E-state index contributed by atoms with van der Waals surface area (Å²) in [7, 11) is 0. The molecule has 1 aromatic rings. The highest BCUT2D eigenvalue weighted by Gasteiger charge is 2.17. The molecule has 22 heavy (non-hydrogen) atoms. The van der Waals surface area contributed by atoms with E-state index < -0.39 is 0 Å². The van der Waals surface area contributed by atoms with Crippen LogP contribution < -0.4 is 5.32 Å². The van der Waals surface area contributed by atoms with Crippen LogP contribution in [0.3, 0.4) is 0 Å². The first-order chi connectivity index (χ1) is 10.5. The molecule has 2 nitrogen and oxygen atoms in total. The van der Waals surface area contributed by atoms with Crippen LogP contribution >= 0.6 is 0 Å². The van der Waals surface area contributed by atoms with Crippen molar-refractivity contribution in [2.24, 2.45) is 0 Å². The molecule has 0 aliphatic heterocycles. The van der Waals surface area contributed by atoms with Crippen LogP contribution in [0.25, 0.3) is 5.57 Å². The van der Waals surface area contributed by atoms with Gasteiger partial charge in [0.15, 0.2) is 0 Å². The maximum atomic E-state index is 4.53. The molecule has 0 saturated heterocycles. The highest BCUT2D eigenvalue weighted by Crippen LogP contribution is 2.32.